The number of pyridine rings is 1. The van der Waals surface area contributed by atoms with E-state index in [-0.39, 0.29) is 6.04 Å². The van der Waals surface area contributed by atoms with Gasteiger partial charge < -0.3 is 5.32 Å². The van der Waals surface area contributed by atoms with E-state index in [9.17, 15) is 0 Å². The minimum absolute atomic E-state index is 0.269. The van der Waals surface area contributed by atoms with Crippen LogP contribution in [-0.4, -0.2) is 4.98 Å². The fraction of sp³-hybridized carbons (Fsp3) is 0.353. The number of nitrogens with zero attached hydrogens (tertiary/aromatic N) is 1. The Balaban J connectivity index is 2.14. The highest BCUT2D eigenvalue weighted by Gasteiger charge is 2.19. The summed E-state index contributed by atoms with van der Waals surface area (Å²) in [6, 6.07) is 15.4. The van der Waals surface area contributed by atoms with Gasteiger partial charge in [0.25, 0.3) is 0 Å². The molecule has 0 unspecified atom stereocenters. The molecule has 0 aliphatic rings. The van der Waals surface area contributed by atoms with Crippen molar-refractivity contribution in [2.24, 2.45) is 5.92 Å². The van der Waals surface area contributed by atoms with Gasteiger partial charge in [0, 0.05) is 15.8 Å². The van der Waals surface area contributed by atoms with Gasteiger partial charge in [-0.3, -0.25) is 4.98 Å². The summed E-state index contributed by atoms with van der Waals surface area (Å²) in [5, 5.41) is 3.70. The summed E-state index contributed by atoms with van der Waals surface area (Å²) in [4.78, 5) is 4.50. The van der Waals surface area contributed by atoms with Crippen molar-refractivity contribution in [2.75, 3.05) is 0 Å². The number of hydrogen-bond acceptors (Lipinski definition) is 2. The lowest BCUT2D eigenvalue weighted by Gasteiger charge is -2.26. The molecule has 0 amide bonds. The van der Waals surface area contributed by atoms with Gasteiger partial charge in [0.15, 0.2) is 0 Å². The van der Waals surface area contributed by atoms with E-state index >= 15 is 0 Å². The van der Waals surface area contributed by atoms with Crippen molar-refractivity contribution in [3.63, 3.8) is 0 Å². The highest BCUT2D eigenvalue weighted by molar-refractivity contribution is 14.1. The monoisotopic (exact) mass is 380 g/mol. The lowest BCUT2D eigenvalue weighted by molar-refractivity contribution is 0.367. The molecule has 2 nitrogen and oxygen atoms in total. The molecule has 2 atom stereocenters. The van der Waals surface area contributed by atoms with Crippen LogP contribution in [-0.2, 0) is 0 Å². The quantitative estimate of drug-likeness (QED) is 0.759. The topological polar surface area (TPSA) is 24.9 Å². The molecule has 0 aliphatic heterocycles. The van der Waals surface area contributed by atoms with Crippen molar-refractivity contribution >= 4 is 22.6 Å². The van der Waals surface area contributed by atoms with Crippen LogP contribution in [0.3, 0.4) is 0 Å². The summed E-state index contributed by atoms with van der Waals surface area (Å²) >= 11 is 2.33. The van der Waals surface area contributed by atoms with Crippen molar-refractivity contribution in [3.05, 3.63) is 63.5 Å². The first kappa shape index (κ1) is 15.4. The maximum atomic E-state index is 4.50. The predicted octanol–water partition coefficient (Wildman–Crippen LogP) is 4.73. The number of rotatable bonds is 5. The Morgan fingerprint density at radius 3 is 2.25 bits per heavy atom. The Morgan fingerprint density at radius 1 is 1.00 bits per heavy atom. The van der Waals surface area contributed by atoms with Crippen molar-refractivity contribution in [1.82, 2.24) is 10.3 Å². The first-order valence-corrected chi connectivity index (χ1v) is 8.08. The average molecular weight is 380 g/mol. The Bertz CT molecular complexity index is 522. The van der Waals surface area contributed by atoms with Crippen LogP contribution in [0, 0.1) is 9.49 Å². The van der Waals surface area contributed by atoms with Crippen molar-refractivity contribution in [1.29, 1.82) is 0 Å². The molecule has 106 valence electrons. The molecule has 3 heteroatoms. The van der Waals surface area contributed by atoms with Gasteiger partial charge in [0.2, 0.25) is 0 Å². The van der Waals surface area contributed by atoms with Gasteiger partial charge in [0.1, 0.15) is 0 Å². The summed E-state index contributed by atoms with van der Waals surface area (Å²) in [7, 11) is 0. The maximum absolute atomic E-state index is 4.50. The molecule has 0 spiro atoms. The third kappa shape index (κ3) is 4.03. The van der Waals surface area contributed by atoms with Crippen LogP contribution < -0.4 is 5.32 Å². The summed E-state index contributed by atoms with van der Waals surface area (Å²) < 4.78 is 1.27. The minimum atomic E-state index is 0.269. The third-order valence-corrected chi connectivity index (χ3v) is 4.19. The van der Waals surface area contributed by atoms with Crippen LogP contribution in [0.2, 0.25) is 0 Å². The molecule has 0 fully saturated rings. The second-order valence-corrected chi connectivity index (χ2v) is 6.66. The second kappa shape index (κ2) is 7.18. The van der Waals surface area contributed by atoms with Crippen LogP contribution in [0.25, 0.3) is 0 Å². The van der Waals surface area contributed by atoms with Crippen molar-refractivity contribution < 1.29 is 0 Å². The van der Waals surface area contributed by atoms with Gasteiger partial charge in [0.05, 0.1) is 11.7 Å². The van der Waals surface area contributed by atoms with Gasteiger partial charge in [-0.2, -0.15) is 0 Å². The Hall–Kier alpha value is -0.940. The molecule has 20 heavy (non-hydrogen) atoms. The van der Waals surface area contributed by atoms with E-state index in [0.717, 1.165) is 5.69 Å². The molecule has 1 N–H and O–H groups in total. The van der Waals surface area contributed by atoms with E-state index < -0.39 is 0 Å². The molecular formula is C17H21IN2. The van der Waals surface area contributed by atoms with E-state index in [1.165, 1.54) is 9.13 Å². The zero-order valence-electron chi connectivity index (χ0n) is 12.2. The van der Waals surface area contributed by atoms with Gasteiger partial charge >= 0.3 is 0 Å². The van der Waals surface area contributed by atoms with Gasteiger partial charge in [-0.1, -0.05) is 32.0 Å². The molecule has 1 aromatic heterocycles. The minimum Gasteiger partial charge on any atom is -0.302 e. The molecule has 0 saturated carbocycles. The van der Waals surface area contributed by atoms with Gasteiger partial charge in [-0.15, -0.1) is 0 Å². The summed E-state index contributed by atoms with van der Waals surface area (Å²) in [6.07, 6.45) is 1.86. The first-order valence-electron chi connectivity index (χ1n) is 7.00. The normalized spacial score (nSPS) is 14.2. The van der Waals surface area contributed by atoms with Gasteiger partial charge in [-0.05, 0) is 65.3 Å². The third-order valence-electron chi connectivity index (χ3n) is 3.47. The highest BCUT2D eigenvalue weighted by atomic mass is 127. The van der Waals surface area contributed by atoms with E-state index in [1.807, 2.05) is 12.3 Å². The predicted molar refractivity (Wildman–Crippen MR) is 92.5 cm³/mol. The Kier molecular flexibility index (Phi) is 5.54. The molecule has 0 radical (unpaired) electrons. The Labute approximate surface area is 135 Å². The van der Waals surface area contributed by atoms with Crippen LogP contribution in [0.5, 0.6) is 0 Å². The van der Waals surface area contributed by atoms with E-state index in [1.54, 1.807) is 0 Å². The number of halogens is 1. The molecule has 0 bridgehead atoms. The second-order valence-electron chi connectivity index (χ2n) is 5.42. The molecule has 2 aromatic rings. The molecule has 0 aliphatic carbocycles. The Morgan fingerprint density at radius 2 is 1.70 bits per heavy atom. The zero-order valence-corrected chi connectivity index (χ0v) is 14.3. The maximum Gasteiger partial charge on any atom is 0.0575 e. The highest BCUT2D eigenvalue weighted by Crippen LogP contribution is 2.24. The smallest absolute Gasteiger partial charge is 0.0575 e. The van der Waals surface area contributed by atoms with E-state index in [4.69, 9.17) is 0 Å². The SMILES string of the molecule is CC(C)[C@H](N[C@@H](C)c1ccc(I)cc1)c1ccccn1. The number of aromatic nitrogens is 1. The largest absolute Gasteiger partial charge is 0.302 e. The molecular weight excluding hydrogens is 359 g/mol. The number of hydrogen-bond donors (Lipinski definition) is 1. The molecule has 2 rings (SSSR count). The standard InChI is InChI=1S/C17H21IN2/c1-12(2)17(16-6-4-5-11-19-16)20-13(3)14-7-9-15(18)10-8-14/h4-13,17,20H,1-3H3/t13-,17-/m0/s1. The lowest BCUT2D eigenvalue weighted by atomic mass is 9.98. The molecule has 1 aromatic carbocycles. The van der Waals surface area contributed by atoms with Crippen LogP contribution in [0.15, 0.2) is 48.7 Å². The number of benzene rings is 1. The van der Waals surface area contributed by atoms with Crippen LogP contribution in [0.1, 0.15) is 44.1 Å². The fourth-order valence-corrected chi connectivity index (χ4v) is 2.66. The van der Waals surface area contributed by atoms with E-state index in [2.05, 4.69) is 90.1 Å². The summed E-state index contributed by atoms with van der Waals surface area (Å²) in [5.74, 6) is 0.496. The summed E-state index contributed by atoms with van der Waals surface area (Å²) in [6.45, 7) is 6.67. The first-order chi connectivity index (χ1) is 9.58. The molecule has 1 heterocycles. The zero-order chi connectivity index (χ0) is 14.5. The molecule has 0 saturated heterocycles. The fourth-order valence-electron chi connectivity index (χ4n) is 2.30. The van der Waals surface area contributed by atoms with Crippen LogP contribution in [0.4, 0.5) is 0 Å². The lowest BCUT2D eigenvalue weighted by Crippen LogP contribution is -2.29. The van der Waals surface area contributed by atoms with Gasteiger partial charge in [-0.25, -0.2) is 0 Å². The van der Waals surface area contributed by atoms with Crippen LogP contribution >= 0.6 is 22.6 Å². The van der Waals surface area contributed by atoms with E-state index in [0.29, 0.717) is 12.0 Å². The average Bonchev–Trinajstić information content (AvgIpc) is 2.46. The summed E-state index contributed by atoms with van der Waals surface area (Å²) in [5.41, 5.74) is 2.42. The van der Waals surface area contributed by atoms with Crippen molar-refractivity contribution in [2.45, 2.75) is 32.9 Å². The van der Waals surface area contributed by atoms with Crippen molar-refractivity contribution in [3.8, 4) is 0 Å². The number of nitrogens with one attached hydrogen (secondary N) is 1.